The molecule has 1 aliphatic carbocycles. The Hall–Kier alpha value is -0.260. The molecule has 0 heterocycles. The molecule has 64 valence electrons. The molecule has 0 heteroatoms. The zero-order valence-electron chi connectivity index (χ0n) is 8.41. The fourth-order valence-corrected chi connectivity index (χ4v) is 0. The van der Waals surface area contributed by atoms with Gasteiger partial charge in [0.25, 0.3) is 0 Å². The second kappa shape index (κ2) is 37.4. The van der Waals surface area contributed by atoms with E-state index in [0.29, 0.717) is 0 Å². The van der Waals surface area contributed by atoms with Crippen LogP contribution in [0.3, 0.4) is 0 Å². The first-order chi connectivity index (χ1) is 4.91. The van der Waals surface area contributed by atoms with Crippen LogP contribution < -0.4 is 0 Å². The minimum absolute atomic E-state index is 1.50. The van der Waals surface area contributed by atoms with Crippen LogP contribution in [0.4, 0.5) is 0 Å². The van der Waals surface area contributed by atoms with Gasteiger partial charge in [-0.15, -0.1) is 6.58 Å². The van der Waals surface area contributed by atoms with E-state index in [4.69, 9.17) is 0 Å². The minimum atomic E-state index is 1.50. The maximum atomic E-state index is 3.36. The smallest absolute Gasteiger partial charge is 0.0473 e. The minimum Gasteiger partial charge on any atom is -0.103 e. The molecule has 0 bridgehead atoms. The van der Waals surface area contributed by atoms with Crippen molar-refractivity contribution in [3.63, 3.8) is 0 Å². The van der Waals surface area contributed by atoms with Gasteiger partial charge in [-0.1, -0.05) is 53.0 Å². The molecule has 10 heavy (non-hydrogen) atoms. The van der Waals surface area contributed by atoms with Crippen molar-refractivity contribution in [3.8, 4) is 0 Å². The summed E-state index contributed by atoms with van der Waals surface area (Å²) in [5, 5.41) is 0. The average molecular weight is 144 g/mol. The summed E-state index contributed by atoms with van der Waals surface area (Å²) >= 11 is 0. The average Bonchev–Trinajstić information content (AvgIpc) is 2.82. The SMILES string of the molecule is C1CC1.C=CC.CC.CC. The van der Waals surface area contributed by atoms with Gasteiger partial charge in [-0.25, -0.2) is 0 Å². The molecule has 1 fully saturated rings. The van der Waals surface area contributed by atoms with E-state index in [-0.39, 0.29) is 0 Å². The van der Waals surface area contributed by atoms with Gasteiger partial charge in [-0.2, -0.15) is 0 Å². The fourth-order valence-electron chi connectivity index (χ4n) is 0. The van der Waals surface area contributed by atoms with E-state index in [2.05, 4.69) is 6.58 Å². The van der Waals surface area contributed by atoms with Crippen LogP contribution in [0.2, 0.25) is 0 Å². The summed E-state index contributed by atoms with van der Waals surface area (Å²) in [5.41, 5.74) is 0. The van der Waals surface area contributed by atoms with E-state index in [1.54, 1.807) is 6.08 Å². The Morgan fingerprint density at radius 1 is 0.900 bits per heavy atom. The standard InChI is InChI=1S/2C3H6.2C2H6/c1-2-3-1;1-3-2;2*1-2/h1-3H2;3H,1H2,2H3;2*1-2H3. The molecule has 0 aliphatic heterocycles. The van der Waals surface area contributed by atoms with Crippen LogP contribution in [0.1, 0.15) is 53.9 Å². The summed E-state index contributed by atoms with van der Waals surface area (Å²) in [7, 11) is 0. The Kier molecular flexibility index (Phi) is 61.3. The van der Waals surface area contributed by atoms with Crippen molar-refractivity contribution in [2.75, 3.05) is 0 Å². The predicted octanol–water partition coefficient (Wildman–Crippen LogP) is 4.42. The summed E-state index contributed by atoms with van der Waals surface area (Å²) in [6, 6.07) is 0. The third kappa shape index (κ3) is 642. The summed E-state index contributed by atoms with van der Waals surface area (Å²) in [6.07, 6.45) is 6.25. The monoisotopic (exact) mass is 144 g/mol. The van der Waals surface area contributed by atoms with Crippen molar-refractivity contribution in [1.82, 2.24) is 0 Å². The zero-order chi connectivity index (χ0) is 8.83. The normalized spacial score (nSPS) is 9.70. The molecule has 0 nitrogen and oxygen atoms in total. The third-order valence-electron chi connectivity index (χ3n) is 0.354. The lowest BCUT2D eigenvalue weighted by Crippen LogP contribution is -1.07. The maximum Gasteiger partial charge on any atom is -0.0473 e. The van der Waals surface area contributed by atoms with E-state index in [0.717, 1.165) is 0 Å². The second-order valence-electron chi connectivity index (χ2n) is 1.47. The van der Waals surface area contributed by atoms with Crippen molar-refractivity contribution in [1.29, 1.82) is 0 Å². The van der Waals surface area contributed by atoms with Gasteiger partial charge in [0.1, 0.15) is 0 Å². The van der Waals surface area contributed by atoms with E-state index >= 15 is 0 Å². The van der Waals surface area contributed by atoms with Gasteiger partial charge >= 0.3 is 0 Å². The molecule has 0 radical (unpaired) electrons. The molecule has 1 aliphatic rings. The molecule has 0 saturated heterocycles. The molecular weight excluding hydrogens is 120 g/mol. The molecule has 1 rings (SSSR count). The van der Waals surface area contributed by atoms with Gasteiger partial charge in [-0.05, 0) is 6.92 Å². The number of hydrogen-bond donors (Lipinski definition) is 0. The number of rotatable bonds is 0. The van der Waals surface area contributed by atoms with E-state index in [1.807, 2.05) is 34.6 Å². The highest BCUT2D eigenvalue weighted by Crippen LogP contribution is 2.14. The first-order valence-electron chi connectivity index (χ1n) is 4.49. The number of hydrogen-bond acceptors (Lipinski definition) is 0. The molecule has 0 aromatic heterocycles. The molecule has 0 N–H and O–H groups in total. The zero-order valence-corrected chi connectivity index (χ0v) is 8.41. The Balaban J connectivity index is -0.0000000675. The topological polar surface area (TPSA) is 0 Å². The first kappa shape index (κ1) is 16.4. The summed E-state index contributed by atoms with van der Waals surface area (Å²) in [6.45, 7) is 13.2. The van der Waals surface area contributed by atoms with Crippen LogP contribution in [0.15, 0.2) is 12.7 Å². The lowest BCUT2D eigenvalue weighted by atomic mass is 10.8. The Morgan fingerprint density at radius 2 is 1.00 bits per heavy atom. The summed E-state index contributed by atoms with van der Waals surface area (Å²) < 4.78 is 0. The lowest BCUT2D eigenvalue weighted by Gasteiger charge is -1.31. The number of allylic oxidation sites excluding steroid dienone is 1. The van der Waals surface area contributed by atoms with Gasteiger partial charge in [0, 0.05) is 0 Å². The van der Waals surface area contributed by atoms with Crippen molar-refractivity contribution < 1.29 is 0 Å². The molecule has 0 aromatic carbocycles. The Bertz CT molecular complexity index is 24.3. The summed E-state index contributed by atoms with van der Waals surface area (Å²) in [4.78, 5) is 0. The van der Waals surface area contributed by atoms with Crippen LogP contribution >= 0.6 is 0 Å². The van der Waals surface area contributed by atoms with Crippen LogP contribution in [-0.4, -0.2) is 0 Å². The molecular formula is C10H24. The van der Waals surface area contributed by atoms with E-state index in [9.17, 15) is 0 Å². The highest BCUT2D eigenvalue weighted by molar-refractivity contribution is 4.51. The molecule has 0 spiro atoms. The van der Waals surface area contributed by atoms with Crippen molar-refractivity contribution in [2.45, 2.75) is 53.9 Å². The largest absolute Gasteiger partial charge is 0.103 e. The first-order valence-corrected chi connectivity index (χ1v) is 4.49. The van der Waals surface area contributed by atoms with Crippen LogP contribution in [0.5, 0.6) is 0 Å². The second-order valence-corrected chi connectivity index (χ2v) is 1.47. The van der Waals surface area contributed by atoms with Crippen LogP contribution in [0.25, 0.3) is 0 Å². The third-order valence-corrected chi connectivity index (χ3v) is 0.354. The Labute approximate surface area is 67.3 Å². The van der Waals surface area contributed by atoms with Crippen molar-refractivity contribution >= 4 is 0 Å². The Morgan fingerprint density at radius 3 is 1.00 bits per heavy atom. The van der Waals surface area contributed by atoms with Crippen molar-refractivity contribution in [3.05, 3.63) is 12.7 Å². The molecule has 0 unspecified atom stereocenters. The maximum absolute atomic E-state index is 3.36. The van der Waals surface area contributed by atoms with Gasteiger partial charge in [0.15, 0.2) is 0 Å². The molecule has 0 amide bonds. The van der Waals surface area contributed by atoms with Crippen LogP contribution in [0, 0.1) is 0 Å². The fraction of sp³-hybridized carbons (Fsp3) is 0.800. The van der Waals surface area contributed by atoms with Crippen molar-refractivity contribution in [2.24, 2.45) is 0 Å². The van der Waals surface area contributed by atoms with Gasteiger partial charge in [0.05, 0.1) is 0 Å². The van der Waals surface area contributed by atoms with Crippen LogP contribution in [-0.2, 0) is 0 Å². The van der Waals surface area contributed by atoms with Gasteiger partial charge in [0.2, 0.25) is 0 Å². The molecule has 1 saturated carbocycles. The highest BCUT2D eigenvalue weighted by Gasteiger charge is 1.95. The van der Waals surface area contributed by atoms with Gasteiger partial charge < -0.3 is 0 Å². The lowest BCUT2D eigenvalue weighted by molar-refractivity contribution is 1.50. The summed E-state index contributed by atoms with van der Waals surface area (Å²) in [5.74, 6) is 0. The molecule has 0 atom stereocenters. The predicted molar refractivity (Wildman–Crippen MR) is 52.4 cm³/mol. The van der Waals surface area contributed by atoms with E-state index < -0.39 is 0 Å². The quantitative estimate of drug-likeness (QED) is 0.442. The van der Waals surface area contributed by atoms with E-state index in [1.165, 1.54) is 19.3 Å². The molecule has 0 aromatic rings. The highest BCUT2D eigenvalue weighted by atomic mass is 14.0. The van der Waals surface area contributed by atoms with Gasteiger partial charge in [-0.3, -0.25) is 0 Å².